The lowest BCUT2D eigenvalue weighted by Crippen LogP contribution is -2.03. The molecule has 0 amide bonds. The Morgan fingerprint density at radius 1 is 0.275 bits per heavy atom. The molecule has 0 atom stereocenters. The number of nitrogens with zero attached hydrogens (tertiary/aromatic N) is 15. The van der Waals surface area contributed by atoms with Crippen LogP contribution in [0.15, 0.2) is 176 Å². The van der Waals surface area contributed by atoms with Gasteiger partial charge in [0.1, 0.15) is 69.6 Å². The summed E-state index contributed by atoms with van der Waals surface area (Å²) >= 11 is 35.5. The van der Waals surface area contributed by atoms with Crippen molar-refractivity contribution in [2.24, 2.45) is 0 Å². The SMILES string of the molecule is [C-]#[N+]c1c(Cl)c(Cl)c(Nc2ccccc2)c(Cl)c1C#N.[C-]#[N+]c1c(F)c(F)c(Nc2ccc(C)cc2)c(C#N)c1F.[C-]#[N+]c1c(F)c(F)c(Nc2ccc(Cl)c(Cl)c2)c(C#N)c1F.[C-]#[N+]c1c(F)c(F)c(Nc2ccc(Cl)cc2)c(C#N)c1F.[C-]#[N+]c1c(F)c(F)c(Nc2ccc(OC)cc2)c(C#N)c1F.[C-]#[N+]c1c(F)c(F)c(Nc2ccc([N+](=O)[O-])cc2)c(C#N)c1F.[C-]#[N+]c1c(F)c(F)c(Nc2ccccc2)c(F)c1C#N. The van der Waals surface area contributed by atoms with Crippen molar-refractivity contribution in [1.82, 2.24) is 0 Å². The number of para-hydroxylation sites is 2. The van der Waals surface area contributed by atoms with E-state index in [4.69, 9.17) is 157 Å². The van der Waals surface area contributed by atoms with E-state index in [0.29, 0.717) is 33.5 Å². The summed E-state index contributed by atoms with van der Waals surface area (Å²) in [5, 5.41) is 91.5. The van der Waals surface area contributed by atoms with Crippen LogP contribution in [0.4, 0.5) is 204 Å². The number of aryl methyl sites for hydroxylation is 1. The van der Waals surface area contributed by atoms with Crippen molar-refractivity contribution >= 4 is 195 Å². The van der Waals surface area contributed by atoms with Crippen LogP contribution in [0.5, 0.6) is 5.75 Å². The van der Waals surface area contributed by atoms with Crippen molar-refractivity contribution in [2.75, 3.05) is 44.3 Å². The van der Waals surface area contributed by atoms with Gasteiger partial charge < -0.3 is 42.0 Å². The van der Waals surface area contributed by atoms with Crippen LogP contribution in [0.1, 0.15) is 44.5 Å². The van der Waals surface area contributed by atoms with Crippen LogP contribution in [0.2, 0.25) is 30.1 Å². The number of halogens is 24. The predicted molar refractivity (Wildman–Crippen MR) is 517 cm³/mol. The van der Waals surface area contributed by atoms with Crippen molar-refractivity contribution in [3.05, 3.63) is 445 Å². The van der Waals surface area contributed by atoms with Gasteiger partial charge in [-0.25, -0.2) is 113 Å². The first kappa shape index (κ1) is 114. The maximum Gasteiger partial charge on any atom is 0.269 e. The van der Waals surface area contributed by atoms with E-state index in [-0.39, 0.29) is 59.1 Å². The lowest BCUT2D eigenvalue weighted by atomic mass is 10.1. The lowest BCUT2D eigenvalue weighted by Gasteiger charge is -2.14. The fourth-order valence-corrected chi connectivity index (χ4v) is 13.1. The topological polar surface area (TPSA) is 334 Å². The molecule has 0 unspecified atom stereocenters. The zero-order chi connectivity index (χ0) is 110. The monoisotopic (exact) mass is 2150 g/mol. The van der Waals surface area contributed by atoms with Gasteiger partial charge in [0.05, 0.1) is 141 Å². The molecule has 0 aliphatic rings. The summed E-state index contributed by atoms with van der Waals surface area (Å²) < 4.78 is 254. The van der Waals surface area contributed by atoms with Crippen LogP contribution >= 0.6 is 69.6 Å². The molecule has 0 saturated heterocycles. The van der Waals surface area contributed by atoms with E-state index in [1.807, 2.05) is 43.3 Å². The van der Waals surface area contributed by atoms with E-state index < -0.39 is 211 Å². The van der Waals surface area contributed by atoms with Gasteiger partial charge in [0.25, 0.3) is 34.1 Å². The predicted octanol–water partition coefficient (Wildman–Crippen LogP) is 33.6. The van der Waals surface area contributed by atoms with Gasteiger partial charge in [0, 0.05) is 57.0 Å². The molecule has 14 aromatic rings. The zero-order valence-corrected chi connectivity index (χ0v) is 78.3. The summed E-state index contributed by atoms with van der Waals surface area (Å²) in [6.07, 6.45) is 0. The molecule has 0 heterocycles. The second-order valence-electron chi connectivity index (χ2n) is 28.0. The van der Waals surface area contributed by atoms with Gasteiger partial charge in [0.2, 0.25) is 11.4 Å². The van der Waals surface area contributed by atoms with E-state index >= 15 is 0 Å². The van der Waals surface area contributed by atoms with Crippen LogP contribution in [0.25, 0.3) is 33.9 Å². The third-order valence-electron chi connectivity index (χ3n) is 19.1. The Labute approximate surface area is 859 Å². The Balaban J connectivity index is 0.000000212. The normalized spacial score (nSPS) is 9.77. The van der Waals surface area contributed by atoms with Crippen LogP contribution in [-0.4, -0.2) is 12.0 Å². The summed E-state index contributed by atoms with van der Waals surface area (Å²) in [4.78, 5) is 28.5. The highest BCUT2D eigenvalue weighted by atomic mass is 35.5. The van der Waals surface area contributed by atoms with Gasteiger partial charge in [-0.15, -0.1) is 0 Å². The van der Waals surface area contributed by atoms with Gasteiger partial charge in [-0.2, -0.15) is 36.8 Å². The standard InChI is InChI=1S/C15H8F3N3O.C15H8F3N3.C14H6Cl3N3.C14H4Cl2F3N3.C14H5ClF3N3.C14H5F3N4O2.C14H6F3N3/c1-20-15-11(16)10(7-19)14(12(17)13(15)18)21-8-3-5-9(22-2)6-4-8;1-8-3-5-9(6-4-8)21-14-10(7-19)11(16)15(20-2)13(18)12(14)17;1-19-13-9(7-18)10(15)14(12(17)11(13)16)20-8-5-3-2-4-6-8;1-21-14-10(17)7(5-20)13(11(18)12(14)19)22-6-2-3-8(15)9(16)4-6;1-20-14-10(16)9(6-19)13(11(17)12(14)18)21-8-4-2-7(15)3-5-8;1-19-14-10(15)9(6-18)13(11(16)12(14)17)20-7-2-4-8(5-3-7)21(22)23;1-19-13-9(7-18)10(15)14(12(17)11(13)16)20-8-5-3-2-4-6-8/h3-6,21H,2H3;3-6,21H,1H3;2-6,20H;2-4,22H;2-5,21H;2-5,20H;2-6,20H. The summed E-state index contributed by atoms with van der Waals surface area (Å²) in [5.41, 5.74) is -12.5. The molecule has 0 radical (unpaired) electrons. The Morgan fingerprint density at radius 2 is 0.537 bits per heavy atom. The minimum absolute atomic E-state index is 0.00879. The van der Waals surface area contributed by atoms with Gasteiger partial charge in [-0.3, -0.25) is 10.1 Å². The van der Waals surface area contributed by atoms with Crippen molar-refractivity contribution in [2.45, 2.75) is 6.92 Å². The fraction of sp³-hybridized carbons (Fsp3) is 0.0200. The number of rotatable bonds is 16. The van der Waals surface area contributed by atoms with Crippen LogP contribution in [-0.2, 0) is 0 Å². The summed E-state index contributed by atoms with van der Waals surface area (Å²) in [6.45, 7) is 48.9. The Kier molecular flexibility index (Phi) is 40.2. The number of methoxy groups -OCH3 is 1. The highest BCUT2D eigenvalue weighted by Crippen LogP contribution is 2.49. The minimum atomic E-state index is -1.72. The Bertz CT molecular complexity index is 8070. The molecule has 738 valence electrons. The molecular formula is C100H42Cl6F18N22O3. The van der Waals surface area contributed by atoms with Crippen molar-refractivity contribution in [3.8, 4) is 48.2 Å². The van der Waals surface area contributed by atoms with E-state index in [1.54, 1.807) is 54.6 Å². The number of hydrogen-bond acceptors (Lipinski definition) is 17. The number of anilines is 14. The average molecular weight is 2150 g/mol. The van der Waals surface area contributed by atoms with Crippen molar-refractivity contribution < 1.29 is 88.7 Å². The first-order chi connectivity index (χ1) is 71.0. The molecule has 25 nitrogen and oxygen atoms in total. The second kappa shape index (κ2) is 52.3. The third kappa shape index (κ3) is 26.2. The van der Waals surface area contributed by atoms with Crippen molar-refractivity contribution in [3.63, 3.8) is 0 Å². The van der Waals surface area contributed by atoms with Gasteiger partial charge in [0.15, 0.2) is 105 Å². The first-order valence-electron chi connectivity index (χ1n) is 39.5. The molecule has 0 aliphatic carbocycles. The molecule has 0 bridgehead atoms. The number of nitrogens with one attached hydrogen (secondary N) is 7. The van der Waals surface area contributed by atoms with E-state index in [0.717, 1.165) is 23.4 Å². The third-order valence-corrected chi connectivity index (χ3v) is 21.3. The number of nitro benzene ring substituents is 1. The van der Waals surface area contributed by atoms with E-state index in [2.05, 4.69) is 71.1 Å². The summed E-state index contributed by atoms with van der Waals surface area (Å²) in [5.74, 6) is -26.8. The smallest absolute Gasteiger partial charge is 0.269 e. The molecule has 49 heteroatoms. The molecule has 0 aromatic heterocycles. The molecule has 149 heavy (non-hydrogen) atoms. The molecule has 14 aromatic carbocycles. The van der Waals surface area contributed by atoms with Crippen LogP contribution in [0.3, 0.4) is 0 Å². The Hall–Kier alpha value is -19.8. The molecule has 0 fully saturated rings. The number of hydrogen-bond donors (Lipinski definition) is 7. The summed E-state index contributed by atoms with van der Waals surface area (Å²) in [6, 6.07) is 54.6. The minimum Gasteiger partial charge on any atom is -0.497 e. The number of nitro groups is 1. The maximum absolute atomic E-state index is 14.0. The molecule has 7 N–H and O–H groups in total. The largest absolute Gasteiger partial charge is 0.497 e. The Morgan fingerprint density at radius 3 is 0.832 bits per heavy atom. The zero-order valence-electron chi connectivity index (χ0n) is 73.7. The first-order valence-corrected chi connectivity index (χ1v) is 41.8. The molecule has 0 spiro atoms. The number of benzene rings is 14. The quantitative estimate of drug-likeness (QED) is 0.0155. The van der Waals surface area contributed by atoms with E-state index in [1.165, 1.54) is 122 Å². The van der Waals surface area contributed by atoms with Gasteiger partial charge >= 0.3 is 0 Å². The number of non-ortho nitro benzene ring substituents is 1. The highest BCUT2D eigenvalue weighted by Gasteiger charge is 2.33. The lowest BCUT2D eigenvalue weighted by molar-refractivity contribution is -0.384. The average Bonchev–Trinajstić information content (AvgIpc) is 0.917. The molecular weight excluding hydrogens is 2110 g/mol. The van der Waals surface area contributed by atoms with E-state index in [9.17, 15) is 89.1 Å². The number of ether oxygens (including phenoxy) is 1. The molecule has 14 rings (SSSR count). The van der Waals surface area contributed by atoms with Crippen molar-refractivity contribution in [1.29, 1.82) is 36.8 Å². The van der Waals surface area contributed by atoms with Gasteiger partial charge in [-0.05, 0) is 122 Å². The highest BCUT2D eigenvalue weighted by molar-refractivity contribution is 6.48. The fourth-order valence-electron chi connectivity index (χ4n) is 11.9. The second-order valence-corrected chi connectivity index (χ2v) is 30.4. The van der Waals surface area contributed by atoms with Gasteiger partial charge in [-0.1, -0.05) is 124 Å². The van der Waals surface area contributed by atoms with Crippen LogP contribution < -0.4 is 42.0 Å². The number of nitriles is 7. The maximum atomic E-state index is 14.0. The molecule has 0 aliphatic heterocycles. The summed E-state index contributed by atoms with van der Waals surface area (Å²) in [7, 11) is 1.46. The molecule has 0 saturated carbocycles. The van der Waals surface area contributed by atoms with Crippen LogP contribution in [0, 0.1) is 247 Å².